The molecule has 3 rings (SSSR count). The third kappa shape index (κ3) is 2.28. The van der Waals surface area contributed by atoms with Crippen molar-refractivity contribution in [2.45, 2.75) is 31.7 Å². The van der Waals surface area contributed by atoms with Crippen LogP contribution in [0.2, 0.25) is 0 Å². The summed E-state index contributed by atoms with van der Waals surface area (Å²) in [4.78, 5) is 11.8. The van der Waals surface area contributed by atoms with E-state index in [0.717, 1.165) is 17.5 Å². The van der Waals surface area contributed by atoms with Gasteiger partial charge in [0.1, 0.15) is 0 Å². The predicted molar refractivity (Wildman–Crippen MR) is 67.8 cm³/mol. The number of amides is 2. The number of benzene rings is 1. The van der Waals surface area contributed by atoms with Crippen molar-refractivity contribution in [2.24, 2.45) is 11.8 Å². The summed E-state index contributed by atoms with van der Waals surface area (Å²) in [7, 11) is 0. The Kier molecular flexibility index (Phi) is 2.75. The van der Waals surface area contributed by atoms with E-state index >= 15 is 0 Å². The summed E-state index contributed by atoms with van der Waals surface area (Å²) in [5, 5.41) is 5.99. The molecule has 0 spiro atoms. The summed E-state index contributed by atoms with van der Waals surface area (Å²) in [5.74, 6) is 1.59. The van der Waals surface area contributed by atoms with E-state index in [4.69, 9.17) is 0 Å². The van der Waals surface area contributed by atoms with E-state index in [2.05, 4.69) is 10.6 Å². The van der Waals surface area contributed by atoms with Crippen molar-refractivity contribution in [2.75, 3.05) is 5.32 Å². The molecule has 0 heterocycles. The molecule has 0 aliphatic heterocycles. The predicted octanol–water partition coefficient (Wildman–Crippen LogP) is 3.00. The van der Waals surface area contributed by atoms with Crippen LogP contribution in [0.4, 0.5) is 10.5 Å². The molecule has 0 aromatic heterocycles. The molecule has 2 aliphatic rings. The second kappa shape index (κ2) is 4.40. The van der Waals surface area contributed by atoms with E-state index in [1.54, 1.807) is 0 Å². The summed E-state index contributed by atoms with van der Waals surface area (Å²) in [6.07, 6.45) is 5.15. The molecule has 2 fully saturated rings. The lowest BCUT2D eigenvalue weighted by Gasteiger charge is -2.22. The molecule has 2 amide bonds. The van der Waals surface area contributed by atoms with Gasteiger partial charge in [-0.3, -0.25) is 0 Å². The van der Waals surface area contributed by atoms with Crippen molar-refractivity contribution in [3.8, 4) is 0 Å². The number of urea groups is 1. The third-order valence-electron chi connectivity index (χ3n) is 4.09. The van der Waals surface area contributed by atoms with Gasteiger partial charge in [0.25, 0.3) is 0 Å². The number of para-hydroxylation sites is 1. The summed E-state index contributed by atoms with van der Waals surface area (Å²) >= 11 is 0. The molecular weight excluding hydrogens is 212 g/mol. The molecule has 0 radical (unpaired) electrons. The van der Waals surface area contributed by atoms with E-state index in [1.807, 2.05) is 30.3 Å². The molecule has 2 saturated carbocycles. The van der Waals surface area contributed by atoms with Gasteiger partial charge < -0.3 is 10.6 Å². The zero-order chi connectivity index (χ0) is 11.7. The summed E-state index contributed by atoms with van der Waals surface area (Å²) in [6.45, 7) is 0. The van der Waals surface area contributed by atoms with E-state index in [-0.39, 0.29) is 6.03 Å². The Hall–Kier alpha value is -1.51. The van der Waals surface area contributed by atoms with Crippen molar-refractivity contribution in [3.05, 3.63) is 30.3 Å². The third-order valence-corrected chi connectivity index (χ3v) is 4.09. The molecule has 3 atom stereocenters. The molecule has 2 N–H and O–H groups in total. The quantitative estimate of drug-likeness (QED) is 0.805. The van der Waals surface area contributed by atoms with Gasteiger partial charge in [0.15, 0.2) is 0 Å². The highest BCUT2D eigenvalue weighted by Crippen LogP contribution is 2.44. The second-order valence-electron chi connectivity index (χ2n) is 5.25. The highest BCUT2D eigenvalue weighted by atomic mass is 16.2. The molecule has 2 bridgehead atoms. The van der Waals surface area contributed by atoms with Crippen molar-refractivity contribution in [1.82, 2.24) is 5.32 Å². The molecule has 0 saturated heterocycles. The smallest absolute Gasteiger partial charge is 0.319 e. The molecule has 3 nitrogen and oxygen atoms in total. The number of hydrogen-bond acceptors (Lipinski definition) is 1. The van der Waals surface area contributed by atoms with E-state index < -0.39 is 0 Å². The molecule has 1 aromatic carbocycles. The first-order valence-corrected chi connectivity index (χ1v) is 6.44. The van der Waals surface area contributed by atoms with Crippen LogP contribution in [-0.2, 0) is 0 Å². The lowest BCUT2D eigenvalue weighted by Crippen LogP contribution is -2.40. The van der Waals surface area contributed by atoms with Crippen LogP contribution in [0.5, 0.6) is 0 Å². The van der Waals surface area contributed by atoms with Gasteiger partial charge in [-0.1, -0.05) is 24.6 Å². The number of fused-ring (bicyclic) bond motifs is 2. The Morgan fingerprint density at radius 2 is 1.94 bits per heavy atom. The van der Waals surface area contributed by atoms with Gasteiger partial charge in [0.2, 0.25) is 0 Å². The first kappa shape index (κ1) is 10.6. The van der Waals surface area contributed by atoms with Crippen LogP contribution >= 0.6 is 0 Å². The van der Waals surface area contributed by atoms with Crippen LogP contribution in [-0.4, -0.2) is 12.1 Å². The number of carbonyl (C=O) groups is 1. The largest absolute Gasteiger partial charge is 0.335 e. The van der Waals surface area contributed by atoms with Gasteiger partial charge >= 0.3 is 6.03 Å². The summed E-state index contributed by atoms with van der Waals surface area (Å²) in [6, 6.07) is 9.94. The molecule has 17 heavy (non-hydrogen) atoms. The fourth-order valence-electron chi connectivity index (χ4n) is 3.28. The van der Waals surface area contributed by atoms with Crippen LogP contribution in [0, 0.1) is 11.8 Å². The van der Waals surface area contributed by atoms with E-state index in [9.17, 15) is 4.79 Å². The minimum atomic E-state index is -0.0613. The fraction of sp³-hybridized carbons (Fsp3) is 0.500. The Morgan fingerprint density at radius 1 is 1.12 bits per heavy atom. The van der Waals surface area contributed by atoms with E-state index in [1.165, 1.54) is 25.7 Å². The number of rotatable bonds is 2. The minimum Gasteiger partial charge on any atom is -0.335 e. The zero-order valence-electron chi connectivity index (χ0n) is 9.86. The topological polar surface area (TPSA) is 41.1 Å². The first-order valence-electron chi connectivity index (χ1n) is 6.44. The Bertz CT molecular complexity index is 404. The number of nitrogens with one attached hydrogen (secondary N) is 2. The Balaban J connectivity index is 1.54. The van der Waals surface area contributed by atoms with Gasteiger partial charge in [0, 0.05) is 11.7 Å². The monoisotopic (exact) mass is 230 g/mol. The number of hydrogen-bond donors (Lipinski definition) is 2. The van der Waals surface area contributed by atoms with Crippen molar-refractivity contribution >= 4 is 11.7 Å². The average molecular weight is 230 g/mol. The van der Waals surface area contributed by atoms with Gasteiger partial charge in [0.05, 0.1) is 0 Å². The molecule has 0 unspecified atom stereocenters. The van der Waals surface area contributed by atoms with Gasteiger partial charge in [-0.25, -0.2) is 4.79 Å². The maximum Gasteiger partial charge on any atom is 0.319 e. The SMILES string of the molecule is O=C(Nc1ccccc1)N[C@@H]1C[C@H]2CC[C@@H]1C2. The Morgan fingerprint density at radius 3 is 2.59 bits per heavy atom. The number of carbonyl (C=O) groups excluding carboxylic acids is 1. The van der Waals surface area contributed by atoms with Gasteiger partial charge in [-0.2, -0.15) is 0 Å². The summed E-state index contributed by atoms with van der Waals surface area (Å²) in [5.41, 5.74) is 0.855. The highest BCUT2D eigenvalue weighted by molar-refractivity contribution is 5.89. The van der Waals surface area contributed by atoms with Gasteiger partial charge in [-0.15, -0.1) is 0 Å². The first-order chi connectivity index (χ1) is 8.31. The van der Waals surface area contributed by atoms with Crippen LogP contribution in [0.15, 0.2) is 30.3 Å². The minimum absolute atomic E-state index is 0.0613. The maximum absolute atomic E-state index is 11.8. The molecule has 2 aliphatic carbocycles. The molecular formula is C14H18N2O. The lowest BCUT2D eigenvalue weighted by molar-refractivity contribution is 0.242. The van der Waals surface area contributed by atoms with Crippen LogP contribution < -0.4 is 10.6 Å². The standard InChI is InChI=1S/C14H18N2O/c17-14(15-12-4-2-1-3-5-12)16-13-9-10-6-7-11(13)8-10/h1-5,10-11,13H,6-9H2,(H2,15,16,17)/t10-,11+,13+/m0/s1. The zero-order valence-corrected chi connectivity index (χ0v) is 9.86. The van der Waals surface area contributed by atoms with Crippen molar-refractivity contribution in [1.29, 1.82) is 0 Å². The molecule has 90 valence electrons. The highest BCUT2D eigenvalue weighted by Gasteiger charge is 2.40. The summed E-state index contributed by atoms with van der Waals surface area (Å²) < 4.78 is 0. The Labute approximate surface area is 102 Å². The molecule has 3 heteroatoms. The lowest BCUT2D eigenvalue weighted by atomic mass is 9.95. The number of anilines is 1. The van der Waals surface area contributed by atoms with Crippen molar-refractivity contribution < 1.29 is 4.79 Å². The van der Waals surface area contributed by atoms with Crippen LogP contribution in [0.25, 0.3) is 0 Å². The van der Waals surface area contributed by atoms with Crippen LogP contribution in [0.3, 0.4) is 0 Å². The van der Waals surface area contributed by atoms with Gasteiger partial charge in [-0.05, 0) is 43.2 Å². The normalized spacial score (nSPS) is 30.2. The fourth-order valence-corrected chi connectivity index (χ4v) is 3.28. The molecule has 1 aromatic rings. The van der Waals surface area contributed by atoms with Crippen molar-refractivity contribution in [3.63, 3.8) is 0 Å². The van der Waals surface area contributed by atoms with E-state index in [0.29, 0.717) is 6.04 Å². The average Bonchev–Trinajstić information content (AvgIpc) is 2.92. The van der Waals surface area contributed by atoms with Crippen LogP contribution in [0.1, 0.15) is 25.7 Å². The maximum atomic E-state index is 11.8. The second-order valence-corrected chi connectivity index (χ2v) is 5.25.